The SMILES string of the molecule is C[C@@H](O)c1cc(F)ccc1Oc1ccc(Br)cc1F. The van der Waals surface area contributed by atoms with Gasteiger partial charge < -0.3 is 9.84 Å². The minimum absolute atomic E-state index is 0.0108. The summed E-state index contributed by atoms with van der Waals surface area (Å²) in [6.45, 7) is 1.49. The summed E-state index contributed by atoms with van der Waals surface area (Å²) >= 11 is 3.14. The van der Waals surface area contributed by atoms with Crippen LogP contribution in [0.1, 0.15) is 18.6 Å². The maximum absolute atomic E-state index is 13.7. The third kappa shape index (κ3) is 3.30. The fourth-order valence-corrected chi connectivity index (χ4v) is 1.95. The van der Waals surface area contributed by atoms with Crippen LogP contribution in [0.3, 0.4) is 0 Å². The Morgan fingerprint density at radius 1 is 1.11 bits per heavy atom. The predicted octanol–water partition coefficient (Wildman–Crippen LogP) is 4.57. The second-order valence-electron chi connectivity index (χ2n) is 4.03. The molecule has 0 amide bonds. The van der Waals surface area contributed by atoms with Gasteiger partial charge in [-0.15, -0.1) is 0 Å². The molecule has 0 aliphatic heterocycles. The largest absolute Gasteiger partial charge is 0.454 e. The Bertz CT molecular complexity index is 600. The van der Waals surface area contributed by atoms with E-state index in [-0.39, 0.29) is 17.1 Å². The molecule has 2 aromatic rings. The van der Waals surface area contributed by atoms with Crippen LogP contribution in [0.2, 0.25) is 0 Å². The molecule has 0 saturated heterocycles. The summed E-state index contributed by atoms with van der Waals surface area (Å²) in [4.78, 5) is 0. The van der Waals surface area contributed by atoms with Gasteiger partial charge in [0.25, 0.3) is 0 Å². The van der Waals surface area contributed by atoms with Crippen molar-refractivity contribution in [3.63, 3.8) is 0 Å². The maximum atomic E-state index is 13.7. The van der Waals surface area contributed by atoms with Crippen molar-refractivity contribution < 1.29 is 18.6 Å². The lowest BCUT2D eigenvalue weighted by Crippen LogP contribution is -1.98. The van der Waals surface area contributed by atoms with Crippen molar-refractivity contribution >= 4 is 15.9 Å². The van der Waals surface area contributed by atoms with Crippen LogP contribution < -0.4 is 4.74 Å². The molecule has 2 aromatic carbocycles. The molecule has 1 atom stereocenters. The van der Waals surface area contributed by atoms with Crippen molar-refractivity contribution in [3.8, 4) is 11.5 Å². The lowest BCUT2D eigenvalue weighted by molar-refractivity contribution is 0.195. The summed E-state index contributed by atoms with van der Waals surface area (Å²) in [5, 5.41) is 9.57. The molecule has 100 valence electrons. The van der Waals surface area contributed by atoms with Crippen LogP contribution in [0, 0.1) is 11.6 Å². The minimum atomic E-state index is -0.913. The predicted molar refractivity (Wildman–Crippen MR) is 71.2 cm³/mol. The average molecular weight is 329 g/mol. The number of hydrogen-bond acceptors (Lipinski definition) is 2. The Kier molecular flexibility index (Phi) is 4.17. The molecule has 0 radical (unpaired) electrons. The highest BCUT2D eigenvalue weighted by Gasteiger charge is 2.13. The molecular weight excluding hydrogens is 318 g/mol. The smallest absolute Gasteiger partial charge is 0.166 e. The van der Waals surface area contributed by atoms with E-state index in [1.807, 2.05) is 0 Å². The number of halogens is 3. The van der Waals surface area contributed by atoms with Crippen molar-refractivity contribution in [3.05, 3.63) is 58.1 Å². The number of benzene rings is 2. The van der Waals surface area contributed by atoms with Crippen LogP contribution in [-0.4, -0.2) is 5.11 Å². The number of aliphatic hydroxyl groups excluding tert-OH is 1. The van der Waals surface area contributed by atoms with Gasteiger partial charge in [-0.2, -0.15) is 0 Å². The first kappa shape index (κ1) is 14.0. The molecule has 0 heterocycles. The summed E-state index contributed by atoms with van der Waals surface area (Å²) in [5.41, 5.74) is 0.266. The Morgan fingerprint density at radius 2 is 1.79 bits per heavy atom. The molecule has 5 heteroatoms. The molecule has 1 N–H and O–H groups in total. The highest BCUT2D eigenvalue weighted by Crippen LogP contribution is 2.32. The monoisotopic (exact) mass is 328 g/mol. The summed E-state index contributed by atoms with van der Waals surface area (Å²) in [6, 6.07) is 8.06. The molecule has 19 heavy (non-hydrogen) atoms. The van der Waals surface area contributed by atoms with Crippen LogP contribution in [0.25, 0.3) is 0 Å². The summed E-state index contributed by atoms with van der Waals surface area (Å²) < 4.78 is 32.8. The fraction of sp³-hybridized carbons (Fsp3) is 0.143. The van der Waals surface area contributed by atoms with E-state index in [9.17, 15) is 13.9 Å². The molecular formula is C14H11BrF2O2. The Hall–Kier alpha value is -1.46. The van der Waals surface area contributed by atoms with Crippen LogP contribution in [-0.2, 0) is 0 Å². The first-order valence-electron chi connectivity index (χ1n) is 5.58. The van der Waals surface area contributed by atoms with Gasteiger partial charge in [-0.1, -0.05) is 15.9 Å². The van der Waals surface area contributed by atoms with Crippen molar-refractivity contribution in [2.24, 2.45) is 0 Å². The van der Waals surface area contributed by atoms with Gasteiger partial charge in [0.05, 0.1) is 6.10 Å². The van der Waals surface area contributed by atoms with Gasteiger partial charge in [-0.3, -0.25) is 0 Å². The highest BCUT2D eigenvalue weighted by atomic mass is 79.9. The van der Waals surface area contributed by atoms with Crippen molar-refractivity contribution in [1.29, 1.82) is 0 Å². The van der Waals surface area contributed by atoms with Crippen LogP contribution >= 0.6 is 15.9 Å². The van der Waals surface area contributed by atoms with E-state index >= 15 is 0 Å². The van der Waals surface area contributed by atoms with E-state index < -0.39 is 17.7 Å². The molecule has 0 aliphatic rings. The van der Waals surface area contributed by atoms with E-state index in [2.05, 4.69) is 15.9 Å². The van der Waals surface area contributed by atoms with Gasteiger partial charge in [0.2, 0.25) is 0 Å². The Labute approximate surface area is 117 Å². The van der Waals surface area contributed by atoms with Crippen molar-refractivity contribution in [2.45, 2.75) is 13.0 Å². The van der Waals surface area contributed by atoms with Gasteiger partial charge in [0.1, 0.15) is 11.6 Å². The fourth-order valence-electron chi connectivity index (χ4n) is 1.62. The summed E-state index contributed by atoms with van der Waals surface area (Å²) in [6.07, 6.45) is -0.913. The van der Waals surface area contributed by atoms with E-state index in [4.69, 9.17) is 4.74 Å². The third-order valence-corrected chi connectivity index (χ3v) is 3.03. The van der Waals surface area contributed by atoms with Crippen molar-refractivity contribution in [1.82, 2.24) is 0 Å². The van der Waals surface area contributed by atoms with Crippen LogP contribution in [0.4, 0.5) is 8.78 Å². The highest BCUT2D eigenvalue weighted by molar-refractivity contribution is 9.10. The molecule has 0 unspecified atom stereocenters. The molecule has 0 aromatic heterocycles. The number of rotatable bonds is 3. The van der Waals surface area contributed by atoms with E-state index in [0.717, 1.165) is 6.07 Å². The van der Waals surface area contributed by atoms with Crippen LogP contribution in [0.5, 0.6) is 11.5 Å². The van der Waals surface area contributed by atoms with E-state index in [1.54, 1.807) is 6.07 Å². The molecule has 0 saturated carbocycles. The minimum Gasteiger partial charge on any atom is -0.454 e. The number of ether oxygens (including phenoxy) is 1. The van der Waals surface area contributed by atoms with Gasteiger partial charge in [-0.25, -0.2) is 8.78 Å². The number of hydrogen-bond donors (Lipinski definition) is 1. The molecule has 2 rings (SSSR count). The molecule has 0 fully saturated rings. The normalized spacial score (nSPS) is 12.3. The van der Waals surface area contributed by atoms with Crippen molar-refractivity contribution in [2.75, 3.05) is 0 Å². The Balaban J connectivity index is 2.38. The van der Waals surface area contributed by atoms with Gasteiger partial charge >= 0.3 is 0 Å². The van der Waals surface area contributed by atoms with Gasteiger partial charge in [0, 0.05) is 10.0 Å². The molecule has 2 nitrogen and oxygen atoms in total. The zero-order valence-corrected chi connectivity index (χ0v) is 11.6. The molecule has 0 spiro atoms. The summed E-state index contributed by atoms with van der Waals surface area (Å²) in [5.74, 6) is -0.802. The van der Waals surface area contributed by atoms with Gasteiger partial charge in [-0.05, 0) is 43.3 Å². The second-order valence-corrected chi connectivity index (χ2v) is 4.95. The standard InChI is InChI=1S/C14H11BrF2O2/c1-8(18)11-7-10(16)3-5-13(11)19-14-4-2-9(15)6-12(14)17/h2-8,18H,1H3/t8-/m1/s1. The molecule has 0 aliphatic carbocycles. The van der Waals surface area contributed by atoms with Gasteiger partial charge in [0.15, 0.2) is 11.6 Å². The van der Waals surface area contributed by atoms with Crippen LogP contribution in [0.15, 0.2) is 40.9 Å². The first-order valence-corrected chi connectivity index (χ1v) is 6.37. The van der Waals surface area contributed by atoms with E-state index in [1.165, 1.54) is 31.2 Å². The lowest BCUT2D eigenvalue weighted by atomic mass is 10.1. The zero-order chi connectivity index (χ0) is 14.0. The topological polar surface area (TPSA) is 29.5 Å². The zero-order valence-electron chi connectivity index (χ0n) is 10.0. The third-order valence-electron chi connectivity index (χ3n) is 2.54. The van der Waals surface area contributed by atoms with E-state index in [0.29, 0.717) is 4.47 Å². The number of aliphatic hydroxyl groups is 1. The summed E-state index contributed by atoms with van der Waals surface area (Å²) in [7, 11) is 0. The quantitative estimate of drug-likeness (QED) is 0.894. The Morgan fingerprint density at radius 3 is 2.42 bits per heavy atom. The first-order chi connectivity index (χ1) is 8.97. The lowest BCUT2D eigenvalue weighted by Gasteiger charge is -2.13. The molecule has 0 bridgehead atoms. The average Bonchev–Trinajstić information content (AvgIpc) is 2.34. The maximum Gasteiger partial charge on any atom is 0.166 e. The second kappa shape index (κ2) is 5.67.